The molecule has 94 valence electrons. The van der Waals surface area contributed by atoms with Crippen LogP contribution in [-0.2, 0) is 4.74 Å². The minimum Gasteiger partial charge on any atom is -0.376 e. The van der Waals surface area contributed by atoms with Crippen molar-refractivity contribution < 1.29 is 9.53 Å². The Hall–Kier alpha value is -1.14. The predicted molar refractivity (Wildman–Crippen MR) is 67.6 cm³/mol. The second-order valence-electron chi connectivity index (χ2n) is 4.13. The Morgan fingerprint density at radius 2 is 2.41 bits per heavy atom. The molecular formula is C11H17N3O2S. The number of aromatic nitrogens is 1. The van der Waals surface area contributed by atoms with Gasteiger partial charge in [0.15, 0.2) is 5.13 Å². The van der Waals surface area contributed by atoms with Gasteiger partial charge in [0.2, 0.25) is 0 Å². The summed E-state index contributed by atoms with van der Waals surface area (Å²) in [4.78, 5) is 16.9. The van der Waals surface area contributed by atoms with E-state index in [4.69, 9.17) is 4.74 Å². The molecule has 1 aliphatic heterocycles. The molecule has 1 fully saturated rings. The van der Waals surface area contributed by atoms with Crippen molar-refractivity contribution in [3.05, 3.63) is 10.6 Å². The Kier molecular flexibility index (Phi) is 3.96. The summed E-state index contributed by atoms with van der Waals surface area (Å²) < 4.78 is 5.42. The van der Waals surface area contributed by atoms with Crippen LogP contribution in [0.5, 0.6) is 0 Å². The van der Waals surface area contributed by atoms with Gasteiger partial charge in [0.1, 0.15) is 0 Å². The molecule has 0 bridgehead atoms. The molecule has 0 saturated carbocycles. The van der Waals surface area contributed by atoms with Crippen LogP contribution in [0.4, 0.5) is 9.93 Å². The van der Waals surface area contributed by atoms with Crippen LogP contribution in [0, 0.1) is 13.8 Å². The maximum atomic E-state index is 11.6. The third-order valence-corrected chi connectivity index (χ3v) is 3.75. The average Bonchev–Trinajstić information content (AvgIpc) is 2.87. The number of ether oxygens (including phenoxy) is 1. The molecule has 2 heterocycles. The first kappa shape index (κ1) is 12.3. The van der Waals surface area contributed by atoms with Gasteiger partial charge >= 0.3 is 6.03 Å². The van der Waals surface area contributed by atoms with Crippen molar-refractivity contribution in [2.24, 2.45) is 0 Å². The molecule has 2 amide bonds. The summed E-state index contributed by atoms with van der Waals surface area (Å²) in [7, 11) is 0. The van der Waals surface area contributed by atoms with Crippen molar-refractivity contribution in [2.45, 2.75) is 32.8 Å². The van der Waals surface area contributed by atoms with E-state index in [0.29, 0.717) is 11.7 Å². The summed E-state index contributed by atoms with van der Waals surface area (Å²) in [5, 5.41) is 6.17. The Morgan fingerprint density at radius 1 is 1.59 bits per heavy atom. The van der Waals surface area contributed by atoms with Gasteiger partial charge in [-0.3, -0.25) is 5.32 Å². The third kappa shape index (κ3) is 3.41. The summed E-state index contributed by atoms with van der Waals surface area (Å²) >= 11 is 1.49. The summed E-state index contributed by atoms with van der Waals surface area (Å²) in [5.41, 5.74) is 0.962. The number of nitrogens with zero attached hydrogens (tertiary/aromatic N) is 1. The van der Waals surface area contributed by atoms with Gasteiger partial charge in [0.05, 0.1) is 11.8 Å². The van der Waals surface area contributed by atoms with Crippen LogP contribution in [-0.4, -0.2) is 30.3 Å². The lowest BCUT2D eigenvalue weighted by molar-refractivity contribution is 0.112. The largest absolute Gasteiger partial charge is 0.376 e. The Morgan fingerprint density at radius 3 is 3.00 bits per heavy atom. The first-order chi connectivity index (χ1) is 8.15. The zero-order valence-corrected chi connectivity index (χ0v) is 10.9. The molecule has 1 atom stereocenters. The number of thiazole rings is 1. The van der Waals surface area contributed by atoms with Gasteiger partial charge in [0.25, 0.3) is 0 Å². The second-order valence-corrected chi connectivity index (χ2v) is 5.33. The molecule has 1 saturated heterocycles. The maximum Gasteiger partial charge on any atom is 0.321 e. The fraction of sp³-hybridized carbons (Fsp3) is 0.636. The number of carbonyl (C=O) groups excluding carboxylic acids is 1. The number of aryl methyl sites for hydroxylation is 2. The van der Waals surface area contributed by atoms with E-state index in [2.05, 4.69) is 15.6 Å². The van der Waals surface area contributed by atoms with E-state index in [1.807, 2.05) is 13.8 Å². The highest BCUT2D eigenvalue weighted by molar-refractivity contribution is 7.15. The minimum atomic E-state index is -0.214. The first-order valence-corrected chi connectivity index (χ1v) is 6.57. The number of rotatable bonds is 3. The molecule has 17 heavy (non-hydrogen) atoms. The molecule has 0 spiro atoms. The highest BCUT2D eigenvalue weighted by Crippen LogP contribution is 2.20. The SMILES string of the molecule is Cc1nc(NC(=O)NCC2CCCO2)sc1C. The van der Waals surface area contributed by atoms with Crippen molar-refractivity contribution in [1.29, 1.82) is 0 Å². The van der Waals surface area contributed by atoms with E-state index < -0.39 is 0 Å². The van der Waals surface area contributed by atoms with Crippen LogP contribution >= 0.6 is 11.3 Å². The van der Waals surface area contributed by atoms with Crippen LogP contribution < -0.4 is 10.6 Å². The number of nitrogens with one attached hydrogen (secondary N) is 2. The van der Waals surface area contributed by atoms with Crippen LogP contribution in [0.3, 0.4) is 0 Å². The fourth-order valence-electron chi connectivity index (χ4n) is 1.68. The lowest BCUT2D eigenvalue weighted by Crippen LogP contribution is -2.34. The normalized spacial score (nSPS) is 19.3. The zero-order chi connectivity index (χ0) is 12.3. The zero-order valence-electron chi connectivity index (χ0n) is 10.1. The van der Waals surface area contributed by atoms with E-state index in [0.717, 1.165) is 30.0 Å². The van der Waals surface area contributed by atoms with Gasteiger partial charge < -0.3 is 10.1 Å². The average molecular weight is 255 g/mol. The molecule has 1 unspecified atom stereocenters. The number of hydrogen-bond acceptors (Lipinski definition) is 4. The molecule has 5 nitrogen and oxygen atoms in total. The number of amides is 2. The monoisotopic (exact) mass is 255 g/mol. The summed E-state index contributed by atoms with van der Waals surface area (Å²) in [6, 6.07) is -0.214. The van der Waals surface area contributed by atoms with Crippen LogP contribution in [0.2, 0.25) is 0 Å². The van der Waals surface area contributed by atoms with Crippen molar-refractivity contribution in [2.75, 3.05) is 18.5 Å². The van der Waals surface area contributed by atoms with E-state index in [-0.39, 0.29) is 12.1 Å². The maximum absolute atomic E-state index is 11.6. The molecule has 2 N–H and O–H groups in total. The van der Waals surface area contributed by atoms with E-state index in [1.165, 1.54) is 11.3 Å². The highest BCUT2D eigenvalue weighted by atomic mass is 32.1. The van der Waals surface area contributed by atoms with Gasteiger partial charge in [-0.25, -0.2) is 9.78 Å². The third-order valence-electron chi connectivity index (χ3n) is 2.76. The summed E-state index contributed by atoms with van der Waals surface area (Å²) in [6.07, 6.45) is 2.27. The minimum absolute atomic E-state index is 0.167. The van der Waals surface area contributed by atoms with Crippen LogP contribution in [0.1, 0.15) is 23.4 Å². The van der Waals surface area contributed by atoms with Crippen molar-refractivity contribution in [3.63, 3.8) is 0 Å². The van der Waals surface area contributed by atoms with Crippen LogP contribution in [0.15, 0.2) is 0 Å². The summed E-state index contributed by atoms with van der Waals surface area (Å²) in [5.74, 6) is 0. The lowest BCUT2D eigenvalue weighted by atomic mass is 10.2. The highest BCUT2D eigenvalue weighted by Gasteiger charge is 2.16. The predicted octanol–water partition coefficient (Wildman–Crippen LogP) is 2.06. The molecule has 2 rings (SSSR count). The molecule has 0 aliphatic carbocycles. The number of carbonyl (C=O) groups is 1. The van der Waals surface area contributed by atoms with Crippen molar-refractivity contribution >= 4 is 22.5 Å². The Labute approximate surface area is 105 Å². The number of urea groups is 1. The quantitative estimate of drug-likeness (QED) is 0.869. The molecule has 0 aromatic carbocycles. The van der Waals surface area contributed by atoms with E-state index in [1.54, 1.807) is 0 Å². The molecule has 1 aromatic rings. The van der Waals surface area contributed by atoms with E-state index >= 15 is 0 Å². The number of hydrogen-bond donors (Lipinski definition) is 2. The van der Waals surface area contributed by atoms with Gasteiger partial charge in [-0.15, -0.1) is 11.3 Å². The Balaban J connectivity index is 1.76. The second kappa shape index (κ2) is 5.46. The van der Waals surface area contributed by atoms with Crippen molar-refractivity contribution in [1.82, 2.24) is 10.3 Å². The van der Waals surface area contributed by atoms with Gasteiger partial charge in [0, 0.05) is 18.0 Å². The molecule has 1 aliphatic rings. The van der Waals surface area contributed by atoms with Gasteiger partial charge in [-0.2, -0.15) is 0 Å². The topological polar surface area (TPSA) is 63.2 Å². The Bertz CT molecular complexity index is 380. The van der Waals surface area contributed by atoms with Crippen LogP contribution in [0.25, 0.3) is 0 Å². The fourth-order valence-corrected chi connectivity index (χ4v) is 2.49. The van der Waals surface area contributed by atoms with Crippen molar-refractivity contribution in [3.8, 4) is 0 Å². The standard InChI is InChI=1S/C11H17N3O2S/c1-7-8(2)17-11(13-7)14-10(15)12-6-9-4-3-5-16-9/h9H,3-6H2,1-2H3,(H2,12,13,14,15). The first-order valence-electron chi connectivity index (χ1n) is 5.75. The molecular weight excluding hydrogens is 238 g/mol. The molecule has 0 radical (unpaired) electrons. The smallest absolute Gasteiger partial charge is 0.321 e. The van der Waals surface area contributed by atoms with Gasteiger partial charge in [-0.05, 0) is 26.7 Å². The number of anilines is 1. The molecule has 6 heteroatoms. The van der Waals surface area contributed by atoms with Gasteiger partial charge in [-0.1, -0.05) is 0 Å². The molecule has 1 aromatic heterocycles. The lowest BCUT2D eigenvalue weighted by Gasteiger charge is -2.10. The summed E-state index contributed by atoms with van der Waals surface area (Å²) in [6.45, 7) is 5.29. The van der Waals surface area contributed by atoms with E-state index in [9.17, 15) is 4.79 Å².